The summed E-state index contributed by atoms with van der Waals surface area (Å²) in [5.41, 5.74) is 6.06. The zero-order valence-electron chi connectivity index (χ0n) is 10.2. The Bertz CT molecular complexity index is 418. The summed E-state index contributed by atoms with van der Waals surface area (Å²) in [4.78, 5) is 22.4. The van der Waals surface area contributed by atoms with Crippen LogP contribution >= 0.6 is 0 Å². The van der Waals surface area contributed by atoms with Crippen molar-refractivity contribution in [3.05, 3.63) is 24.3 Å². The van der Waals surface area contributed by atoms with Gasteiger partial charge in [0, 0.05) is 18.3 Å². The summed E-state index contributed by atoms with van der Waals surface area (Å²) < 4.78 is 0. The molecule has 5 heteroatoms. The largest absolute Gasteiger partial charge is 0.326 e. The number of carbonyl (C=O) groups excluding carboxylic acids is 2. The fraction of sp³-hybridized carbons (Fsp3) is 0.333. The van der Waals surface area contributed by atoms with Crippen LogP contribution < -0.4 is 16.4 Å². The van der Waals surface area contributed by atoms with Gasteiger partial charge < -0.3 is 16.4 Å². The lowest BCUT2D eigenvalue weighted by atomic mass is 10.1. The predicted molar refractivity (Wildman–Crippen MR) is 67.6 cm³/mol. The standard InChI is InChI=1S/C12H17N3O2/c1-8(16)14-9-4-6-10(7-5-9)15-11(17)12(2,3)13/h4-7H,13H2,1-3H3,(H,14,16)(H,15,17). The van der Waals surface area contributed by atoms with E-state index in [1.807, 2.05) is 0 Å². The number of anilines is 2. The Morgan fingerprint density at radius 3 is 1.82 bits per heavy atom. The molecule has 0 unspecified atom stereocenters. The second-order valence-electron chi connectivity index (χ2n) is 4.43. The number of hydrogen-bond acceptors (Lipinski definition) is 3. The first-order valence-electron chi connectivity index (χ1n) is 5.27. The van der Waals surface area contributed by atoms with Crippen molar-refractivity contribution in [3.63, 3.8) is 0 Å². The highest BCUT2D eigenvalue weighted by Gasteiger charge is 2.21. The highest BCUT2D eigenvalue weighted by molar-refractivity contribution is 5.97. The third-order valence-electron chi connectivity index (χ3n) is 2.05. The van der Waals surface area contributed by atoms with Crippen molar-refractivity contribution in [2.24, 2.45) is 5.73 Å². The summed E-state index contributed by atoms with van der Waals surface area (Å²) in [6.07, 6.45) is 0. The van der Waals surface area contributed by atoms with Gasteiger partial charge in [0.25, 0.3) is 0 Å². The lowest BCUT2D eigenvalue weighted by molar-refractivity contribution is -0.120. The van der Waals surface area contributed by atoms with Crippen molar-refractivity contribution in [1.82, 2.24) is 0 Å². The Hall–Kier alpha value is -1.88. The van der Waals surface area contributed by atoms with Gasteiger partial charge in [-0.05, 0) is 38.1 Å². The van der Waals surface area contributed by atoms with Gasteiger partial charge in [0.05, 0.1) is 5.54 Å². The molecule has 0 fully saturated rings. The van der Waals surface area contributed by atoms with Crippen LogP contribution in [0.15, 0.2) is 24.3 Å². The lowest BCUT2D eigenvalue weighted by Crippen LogP contribution is -2.45. The van der Waals surface area contributed by atoms with Crippen molar-refractivity contribution >= 4 is 23.2 Å². The van der Waals surface area contributed by atoms with Crippen molar-refractivity contribution in [3.8, 4) is 0 Å². The molecule has 1 rings (SSSR count). The fourth-order valence-corrected chi connectivity index (χ4v) is 1.13. The highest BCUT2D eigenvalue weighted by atomic mass is 16.2. The van der Waals surface area contributed by atoms with Crippen LogP contribution in [0.3, 0.4) is 0 Å². The second-order valence-corrected chi connectivity index (χ2v) is 4.43. The van der Waals surface area contributed by atoms with E-state index in [0.29, 0.717) is 11.4 Å². The summed E-state index contributed by atoms with van der Waals surface area (Å²) in [7, 11) is 0. The Balaban J connectivity index is 2.69. The van der Waals surface area contributed by atoms with Gasteiger partial charge >= 0.3 is 0 Å². The van der Waals surface area contributed by atoms with Crippen molar-refractivity contribution < 1.29 is 9.59 Å². The molecule has 17 heavy (non-hydrogen) atoms. The maximum Gasteiger partial charge on any atom is 0.243 e. The average molecular weight is 235 g/mol. The van der Waals surface area contributed by atoms with Gasteiger partial charge in [0.2, 0.25) is 11.8 Å². The number of nitrogens with two attached hydrogens (primary N) is 1. The minimum absolute atomic E-state index is 0.134. The highest BCUT2D eigenvalue weighted by Crippen LogP contribution is 2.14. The number of amides is 2. The van der Waals surface area contributed by atoms with Crippen LogP contribution in [0.5, 0.6) is 0 Å². The van der Waals surface area contributed by atoms with Crippen LogP contribution in [0.25, 0.3) is 0 Å². The number of carbonyl (C=O) groups is 2. The number of hydrogen-bond donors (Lipinski definition) is 3. The number of benzene rings is 1. The molecule has 0 saturated heterocycles. The van der Waals surface area contributed by atoms with E-state index in [4.69, 9.17) is 5.73 Å². The molecular weight excluding hydrogens is 218 g/mol. The van der Waals surface area contributed by atoms with E-state index in [2.05, 4.69) is 10.6 Å². The quantitative estimate of drug-likeness (QED) is 0.738. The molecule has 0 heterocycles. The van der Waals surface area contributed by atoms with Crippen LogP contribution in [-0.2, 0) is 9.59 Å². The molecule has 0 saturated carbocycles. The zero-order chi connectivity index (χ0) is 13.1. The van der Waals surface area contributed by atoms with E-state index >= 15 is 0 Å². The average Bonchev–Trinajstić information content (AvgIpc) is 2.18. The molecule has 0 spiro atoms. The molecule has 0 aliphatic rings. The monoisotopic (exact) mass is 235 g/mol. The first-order valence-corrected chi connectivity index (χ1v) is 5.27. The topological polar surface area (TPSA) is 84.2 Å². The van der Waals surface area contributed by atoms with Gasteiger partial charge in [-0.15, -0.1) is 0 Å². The Morgan fingerprint density at radius 1 is 1.06 bits per heavy atom. The maximum atomic E-state index is 11.6. The summed E-state index contributed by atoms with van der Waals surface area (Å²) in [6.45, 7) is 4.70. The Kier molecular flexibility index (Phi) is 3.85. The van der Waals surface area contributed by atoms with Gasteiger partial charge in [0.1, 0.15) is 0 Å². The van der Waals surface area contributed by atoms with Gasteiger partial charge in [-0.25, -0.2) is 0 Å². The summed E-state index contributed by atoms with van der Waals surface area (Å²) >= 11 is 0. The van der Waals surface area contributed by atoms with E-state index in [9.17, 15) is 9.59 Å². The van der Waals surface area contributed by atoms with E-state index in [0.717, 1.165) is 0 Å². The van der Waals surface area contributed by atoms with E-state index in [1.54, 1.807) is 38.1 Å². The number of nitrogens with one attached hydrogen (secondary N) is 2. The summed E-state index contributed by atoms with van der Waals surface area (Å²) in [5.74, 6) is -0.394. The predicted octanol–water partition coefficient (Wildman–Crippen LogP) is 1.32. The molecule has 1 aromatic rings. The molecule has 4 N–H and O–H groups in total. The van der Waals surface area contributed by atoms with Gasteiger partial charge in [-0.2, -0.15) is 0 Å². The molecule has 0 radical (unpaired) electrons. The van der Waals surface area contributed by atoms with Crippen LogP contribution in [0.1, 0.15) is 20.8 Å². The van der Waals surface area contributed by atoms with Gasteiger partial charge in [-0.3, -0.25) is 9.59 Å². The molecule has 0 aliphatic carbocycles. The van der Waals surface area contributed by atoms with Crippen molar-refractivity contribution in [2.75, 3.05) is 10.6 Å². The van der Waals surface area contributed by atoms with Crippen molar-refractivity contribution in [2.45, 2.75) is 26.3 Å². The first-order chi connectivity index (χ1) is 7.79. The zero-order valence-corrected chi connectivity index (χ0v) is 10.2. The van der Waals surface area contributed by atoms with Crippen LogP contribution in [-0.4, -0.2) is 17.4 Å². The van der Waals surface area contributed by atoms with Crippen molar-refractivity contribution in [1.29, 1.82) is 0 Å². The second kappa shape index (κ2) is 4.97. The molecule has 0 atom stereocenters. The molecule has 1 aromatic carbocycles. The molecule has 5 nitrogen and oxygen atoms in total. The van der Waals surface area contributed by atoms with Crippen LogP contribution in [0.2, 0.25) is 0 Å². The molecule has 0 aromatic heterocycles. The molecular formula is C12H17N3O2. The summed E-state index contributed by atoms with van der Waals surface area (Å²) in [6, 6.07) is 6.82. The molecule has 92 valence electrons. The van der Waals surface area contributed by atoms with Crippen LogP contribution in [0.4, 0.5) is 11.4 Å². The third-order valence-corrected chi connectivity index (χ3v) is 2.05. The minimum atomic E-state index is -0.920. The SMILES string of the molecule is CC(=O)Nc1ccc(NC(=O)C(C)(C)N)cc1. The minimum Gasteiger partial charge on any atom is -0.326 e. The third kappa shape index (κ3) is 4.24. The normalized spacial score (nSPS) is 10.8. The number of rotatable bonds is 3. The molecule has 0 aliphatic heterocycles. The smallest absolute Gasteiger partial charge is 0.243 e. The van der Waals surface area contributed by atoms with Gasteiger partial charge in [0.15, 0.2) is 0 Å². The molecule has 2 amide bonds. The van der Waals surface area contributed by atoms with Crippen LogP contribution in [0, 0.1) is 0 Å². The Labute approximate surface area is 100 Å². The van der Waals surface area contributed by atoms with E-state index < -0.39 is 5.54 Å². The Morgan fingerprint density at radius 2 is 1.47 bits per heavy atom. The molecule has 0 bridgehead atoms. The lowest BCUT2D eigenvalue weighted by Gasteiger charge is -2.17. The van der Waals surface area contributed by atoms with E-state index in [-0.39, 0.29) is 11.8 Å². The van der Waals surface area contributed by atoms with E-state index in [1.165, 1.54) is 6.92 Å². The maximum absolute atomic E-state index is 11.6. The van der Waals surface area contributed by atoms with Gasteiger partial charge in [-0.1, -0.05) is 0 Å². The first kappa shape index (κ1) is 13.2. The fourth-order valence-electron chi connectivity index (χ4n) is 1.13. The summed E-state index contributed by atoms with van der Waals surface area (Å²) in [5, 5.41) is 5.32.